The van der Waals surface area contributed by atoms with Crippen molar-refractivity contribution in [2.45, 2.75) is 24.8 Å². The van der Waals surface area contributed by atoms with Crippen molar-refractivity contribution in [3.63, 3.8) is 0 Å². The highest BCUT2D eigenvalue weighted by molar-refractivity contribution is 7.98. The number of carbonyl (C=O) groups is 3. The lowest BCUT2D eigenvalue weighted by molar-refractivity contribution is -0.387. The Morgan fingerprint density at radius 3 is 2.17 bits per heavy atom. The third-order valence-electron chi connectivity index (χ3n) is 3.74. The zero-order chi connectivity index (χ0) is 21.6. The van der Waals surface area contributed by atoms with Crippen molar-refractivity contribution in [3.8, 4) is 0 Å². The van der Waals surface area contributed by atoms with E-state index in [2.05, 4.69) is 10.6 Å². The van der Waals surface area contributed by atoms with E-state index in [0.29, 0.717) is 16.3 Å². The van der Waals surface area contributed by atoms with Crippen LogP contribution in [-0.4, -0.2) is 35.1 Å². The summed E-state index contributed by atoms with van der Waals surface area (Å²) < 4.78 is 5.12. The molecule has 152 valence electrons. The predicted molar refractivity (Wildman–Crippen MR) is 109 cm³/mol. The van der Waals surface area contributed by atoms with Gasteiger partial charge in [0.2, 0.25) is 5.91 Å². The smallest absolute Gasteiger partial charge is 0.339 e. The second kappa shape index (κ2) is 9.69. The van der Waals surface area contributed by atoms with Crippen molar-refractivity contribution in [2.24, 2.45) is 0 Å². The molecule has 0 fully saturated rings. The average Bonchev–Trinajstić information content (AvgIpc) is 2.68. The quantitative estimate of drug-likeness (QED) is 0.306. The highest BCUT2D eigenvalue weighted by Gasteiger charge is 2.22. The molecule has 0 aliphatic carbocycles. The molecule has 0 aliphatic rings. The summed E-state index contributed by atoms with van der Waals surface area (Å²) in [6, 6.07) is 10.4. The first-order valence-corrected chi connectivity index (χ1v) is 9.65. The summed E-state index contributed by atoms with van der Waals surface area (Å²) in [5, 5.41) is 16.3. The number of ether oxygens (including phenoxy) is 1. The van der Waals surface area contributed by atoms with Crippen molar-refractivity contribution >= 4 is 46.6 Å². The first kappa shape index (κ1) is 21.9. The van der Waals surface area contributed by atoms with Crippen molar-refractivity contribution in [2.75, 3.05) is 16.9 Å². The minimum atomic E-state index is -1.13. The van der Waals surface area contributed by atoms with E-state index in [1.165, 1.54) is 37.7 Å². The van der Waals surface area contributed by atoms with E-state index in [-0.39, 0.29) is 17.2 Å². The zero-order valence-electron chi connectivity index (χ0n) is 15.9. The summed E-state index contributed by atoms with van der Waals surface area (Å²) in [4.78, 5) is 46.5. The van der Waals surface area contributed by atoms with Crippen molar-refractivity contribution in [3.05, 3.63) is 58.1 Å². The monoisotopic (exact) mass is 417 g/mol. The maximum atomic E-state index is 12.3. The molecule has 2 amide bonds. The Morgan fingerprint density at radius 2 is 1.66 bits per heavy atom. The Labute approximate surface area is 171 Å². The largest absolute Gasteiger partial charge is 0.449 e. The number of hydrogen-bond donors (Lipinski definition) is 2. The molecule has 0 bridgehead atoms. The van der Waals surface area contributed by atoms with Crippen LogP contribution in [0.1, 0.15) is 24.2 Å². The highest BCUT2D eigenvalue weighted by Crippen LogP contribution is 2.28. The molecule has 0 saturated carbocycles. The summed E-state index contributed by atoms with van der Waals surface area (Å²) in [5.74, 6) is -1.63. The lowest BCUT2D eigenvalue weighted by Gasteiger charge is -2.14. The van der Waals surface area contributed by atoms with Gasteiger partial charge in [0.1, 0.15) is 0 Å². The lowest BCUT2D eigenvalue weighted by atomic mass is 10.2. The van der Waals surface area contributed by atoms with E-state index in [9.17, 15) is 24.5 Å². The fourth-order valence-electron chi connectivity index (χ4n) is 2.33. The Kier molecular flexibility index (Phi) is 7.32. The molecule has 2 N–H and O–H groups in total. The predicted octanol–water partition coefficient (Wildman–Crippen LogP) is 3.46. The van der Waals surface area contributed by atoms with Gasteiger partial charge in [-0.3, -0.25) is 19.7 Å². The van der Waals surface area contributed by atoms with Crippen LogP contribution in [0.2, 0.25) is 0 Å². The van der Waals surface area contributed by atoms with Crippen molar-refractivity contribution < 1.29 is 24.0 Å². The Bertz CT molecular complexity index is 945. The molecule has 0 aliphatic heterocycles. The van der Waals surface area contributed by atoms with Crippen LogP contribution in [0.4, 0.5) is 17.1 Å². The number of benzene rings is 2. The summed E-state index contributed by atoms with van der Waals surface area (Å²) >= 11 is 1.19. The summed E-state index contributed by atoms with van der Waals surface area (Å²) in [6.45, 7) is 2.78. The molecule has 2 rings (SSSR count). The first-order valence-electron chi connectivity index (χ1n) is 8.43. The molecule has 9 nitrogen and oxygen atoms in total. The third kappa shape index (κ3) is 6.04. The minimum Gasteiger partial charge on any atom is -0.449 e. The number of amides is 2. The molecule has 29 heavy (non-hydrogen) atoms. The summed E-state index contributed by atoms with van der Waals surface area (Å²) in [7, 11) is 0. The Hall–Kier alpha value is -3.40. The number of nitrogens with one attached hydrogen (secondary N) is 2. The van der Waals surface area contributed by atoms with Crippen LogP contribution >= 0.6 is 11.8 Å². The first-order chi connectivity index (χ1) is 13.7. The van der Waals surface area contributed by atoms with Gasteiger partial charge in [0.15, 0.2) is 6.10 Å². The molecule has 10 heteroatoms. The van der Waals surface area contributed by atoms with Crippen LogP contribution in [-0.2, 0) is 14.3 Å². The van der Waals surface area contributed by atoms with Gasteiger partial charge in [-0.15, -0.1) is 11.8 Å². The fourth-order valence-corrected chi connectivity index (χ4v) is 2.87. The number of thioether (sulfide) groups is 1. The number of nitro benzene ring substituents is 1. The van der Waals surface area contributed by atoms with Crippen LogP contribution < -0.4 is 10.6 Å². The van der Waals surface area contributed by atoms with E-state index >= 15 is 0 Å². The zero-order valence-corrected chi connectivity index (χ0v) is 16.7. The van der Waals surface area contributed by atoms with Crippen LogP contribution in [0.25, 0.3) is 0 Å². The van der Waals surface area contributed by atoms with Gasteiger partial charge in [0.25, 0.3) is 11.6 Å². The van der Waals surface area contributed by atoms with Gasteiger partial charge in [0.05, 0.1) is 15.4 Å². The third-order valence-corrected chi connectivity index (χ3v) is 4.52. The molecule has 0 aromatic heterocycles. The second-order valence-electron chi connectivity index (χ2n) is 5.94. The number of nitrogens with zero attached hydrogens (tertiary/aromatic N) is 1. The number of hydrogen-bond acceptors (Lipinski definition) is 7. The van der Waals surface area contributed by atoms with Gasteiger partial charge in [-0.25, -0.2) is 4.79 Å². The SMILES string of the molecule is CSc1ccc(C(=O)O[C@@H](C)C(=O)Nc2ccc(NC(C)=O)cc2)cc1[N+](=O)[O-]. The molecular weight excluding hydrogens is 398 g/mol. The van der Waals surface area contributed by atoms with Gasteiger partial charge in [-0.2, -0.15) is 0 Å². The van der Waals surface area contributed by atoms with Crippen LogP contribution in [0.3, 0.4) is 0 Å². The molecule has 0 radical (unpaired) electrons. The molecular formula is C19H19N3O6S. The van der Waals surface area contributed by atoms with Gasteiger partial charge in [-0.05, 0) is 49.6 Å². The van der Waals surface area contributed by atoms with Crippen molar-refractivity contribution in [1.29, 1.82) is 0 Å². The molecule has 0 spiro atoms. The van der Waals surface area contributed by atoms with E-state index in [4.69, 9.17) is 4.74 Å². The van der Waals surface area contributed by atoms with Gasteiger partial charge in [0, 0.05) is 24.4 Å². The Morgan fingerprint density at radius 1 is 1.07 bits per heavy atom. The summed E-state index contributed by atoms with van der Waals surface area (Å²) in [5.41, 5.74) is 0.800. The topological polar surface area (TPSA) is 128 Å². The minimum absolute atomic E-state index is 0.0196. The van der Waals surface area contributed by atoms with Gasteiger partial charge in [-0.1, -0.05) is 0 Å². The average molecular weight is 417 g/mol. The summed E-state index contributed by atoms with van der Waals surface area (Å²) in [6.07, 6.45) is 0.562. The molecule has 0 heterocycles. The number of nitro groups is 1. The maximum Gasteiger partial charge on any atom is 0.339 e. The molecule has 2 aromatic rings. The fraction of sp³-hybridized carbons (Fsp3) is 0.211. The van der Waals surface area contributed by atoms with E-state index in [1.54, 1.807) is 30.5 Å². The number of esters is 1. The number of anilines is 2. The number of rotatable bonds is 7. The van der Waals surface area contributed by atoms with Crippen LogP contribution in [0.5, 0.6) is 0 Å². The van der Waals surface area contributed by atoms with Crippen LogP contribution in [0, 0.1) is 10.1 Å². The van der Waals surface area contributed by atoms with Gasteiger partial charge < -0.3 is 15.4 Å². The standard InChI is InChI=1S/C19H19N3O6S/c1-11(18(24)21-15-7-5-14(6-8-15)20-12(2)23)28-19(25)13-4-9-17(29-3)16(10-13)22(26)27/h4-11H,1-3H3,(H,20,23)(H,21,24)/t11-/m0/s1. The van der Waals surface area contributed by atoms with E-state index in [0.717, 1.165) is 6.07 Å². The normalized spacial score (nSPS) is 11.3. The second-order valence-corrected chi connectivity index (χ2v) is 6.79. The molecule has 1 atom stereocenters. The molecule has 0 saturated heterocycles. The molecule has 0 unspecified atom stereocenters. The van der Waals surface area contributed by atoms with Gasteiger partial charge >= 0.3 is 5.97 Å². The maximum absolute atomic E-state index is 12.3. The van der Waals surface area contributed by atoms with E-state index in [1.807, 2.05) is 0 Å². The number of carbonyl (C=O) groups excluding carboxylic acids is 3. The lowest BCUT2D eigenvalue weighted by Crippen LogP contribution is -2.30. The van der Waals surface area contributed by atoms with E-state index < -0.39 is 22.9 Å². The van der Waals surface area contributed by atoms with Crippen LogP contribution in [0.15, 0.2) is 47.4 Å². The van der Waals surface area contributed by atoms with Crippen molar-refractivity contribution in [1.82, 2.24) is 0 Å². The Balaban J connectivity index is 2.02. The highest BCUT2D eigenvalue weighted by atomic mass is 32.2. The molecule has 2 aromatic carbocycles.